The molecule has 0 aliphatic carbocycles. The second kappa shape index (κ2) is 6.89. The van der Waals surface area contributed by atoms with Crippen molar-refractivity contribution in [3.63, 3.8) is 0 Å². The van der Waals surface area contributed by atoms with Gasteiger partial charge in [0.25, 0.3) is 0 Å². The molecule has 0 aliphatic heterocycles. The largest absolute Gasteiger partial charge is 0.481 e. The normalized spacial score (nSPS) is 13.6. The number of hydrogen-bond donors (Lipinski definition) is 3. The van der Waals surface area contributed by atoms with Crippen molar-refractivity contribution in [2.24, 2.45) is 5.73 Å². The van der Waals surface area contributed by atoms with E-state index in [0.717, 1.165) is 5.56 Å². The smallest absolute Gasteiger partial charge is 0.303 e. The quantitative estimate of drug-likeness (QED) is 0.646. The van der Waals surface area contributed by atoms with Gasteiger partial charge in [-0.25, -0.2) is 0 Å². The fraction of sp³-hybridized carbons (Fsp3) is 0.429. The third-order valence-corrected chi connectivity index (χ3v) is 2.95. The summed E-state index contributed by atoms with van der Waals surface area (Å²) >= 11 is 0. The Kier molecular flexibility index (Phi) is 5.51. The van der Waals surface area contributed by atoms with Crippen LogP contribution >= 0.6 is 0 Å². The van der Waals surface area contributed by atoms with Crippen molar-refractivity contribution >= 4 is 11.9 Å². The minimum atomic E-state index is -1.08. The first-order valence-electron chi connectivity index (χ1n) is 6.29. The summed E-state index contributed by atoms with van der Waals surface area (Å²) in [7, 11) is 0. The highest BCUT2D eigenvalue weighted by molar-refractivity contribution is 5.86. The van der Waals surface area contributed by atoms with E-state index in [0.29, 0.717) is 19.4 Å². The molecular formula is C14H20N2O3. The van der Waals surface area contributed by atoms with Crippen molar-refractivity contribution in [3.8, 4) is 0 Å². The third kappa shape index (κ3) is 4.71. The summed E-state index contributed by atoms with van der Waals surface area (Å²) < 4.78 is 0. The van der Waals surface area contributed by atoms with Gasteiger partial charge < -0.3 is 16.2 Å². The Morgan fingerprint density at radius 1 is 1.26 bits per heavy atom. The minimum absolute atomic E-state index is 0.119. The lowest BCUT2D eigenvalue weighted by Crippen LogP contribution is -2.49. The molecular weight excluding hydrogens is 244 g/mol. The van der Waals surface area contributed by atoms with Gasteiger partial charge in [-0.05, 0) is 25.3 Å². The van der Waals surface area contributed by atoms with Crippen molar-refractivity contribution in [1.82, 2.24) is 5.32 Å². The maximum atomic E-state index is 12.0. The Bertz CT molecular complexity index is 430. The average molecular weight is 264 g/mol. The molecule has 0 radical (unpaired) electrons. The lowest BCUT2D eigenvalue weighted by Gasteiger charge is -2.24. The molecule has 0 saturated carbocycles. The number of benzene rings is 1. The predicted molar refractivity (Wildman–Crippen MR) is 72.5 cm³/mol. The van der Waals surface area contributed by atoms with Gasteiger partial charge in [0.05, 0.1) is 0 Å². The van der Waals surface area contributed by atoms with Gasteiger partial charge in [-0.2, -0.15) is 0 Å². The van der Waals surface area contributed by atoms with Crippen molar-refractivity contribution in [2.75, 3.05) is 6.54 Å². The van der Waals surface area contributed by atoms with Crippen molar-refractivity contribution in [3.05, 3.63) is 35.9 Å². The van der Waals surface area contributed by atoms with Crippen LogP contribution in [0.2, 0.25) is 0 Å². The molecule has 5 heteroatoms. The fourth-order valence-electron chi connectivity index (χ4n) is 1.70. The second-order valence-corrected chi connectivity index (χ2v) is 4.68. The molecule has 19 heavy (non-hydrogen) atoms. The van der Waals surface area contributed by atoms with Crippen molar-refractivity contribution in [1.29, 1.82) is 0 Å². The minimum Gasteiger partial charge on any atom is -0.481 e. The Hall–Kier alpha value is -1.88. The van der Waals surface area contributed by atoms with Crippen LogP contribution in [0.1, 0.15) is 31.7 Å². The van der Waals surface area contributed by atoms with Crippen LogP contribution in [0.25, 0.3) is 0 Å². The molecule has 0 heterocycles. The Balaban J connectivity index is 2.42. The van der Waals surface area contributed by atoms with E-state index >= 15 is 0 Å². The van der Waals surface area contributed by atoms with E-state index in [1.807, 2.05) is 30.3 Å². The highest BCUT2D eigenvalue weighted by atomic mass is 16.4. The number of aliphatic carboxylic acids is 1. The van der Waals surface area contributed by atoms with Gasteiger partial charge in [-0.1, -0.05) is 30.3 Å². The second-order valence-electron chi connectivity index (χ2n) is 4.68. The van der Waals surface area contributed by atoms with Crippen LogP contribution in [0.15, 0.2) is 30.3 Å². The lowest BCUT2D eigenvalue weighted by molar-refractivity contribution is -0.137. The van der Waals surface area contributed by atoms with Crippen LogP contribution in [-0.2, 0) is 15.1 Å². The van der Waals surface area contributed by atoms with Crippen LogP contribution in [-0.4, -0.2) is 23.5 Å². The number of carboxylic acid groups (broad SMARTS) is 1. The highest BCUT2D eigenvalue weighted by Gasteiger charge is 2.29. The predicted octanol–water partition coefficient (Wildman–Crippen LogP) is 1.23. The Morgan fingerprint density at radius 3 is 2.47 bits per heavy atom. The number of nitrogens with two attached hydrogens (primary N) is 1. The first-order chi connectivity index (χ1) is 8.94. The first kappa shape index (κ1) is 15.2. The molecule has 0 aromatic heterocycles. The van der Waals surface area contributed by atoms with Crippen LogP contribution in [0, 0.1) is 0 Å². The molecule has 5 nitrogen and oxygen atoms in total. The van der Waals surface area contributed by atoms with Crippen LogP contribution < -0.4 is 11.1 Å². The summed E-state index contributed by atoms with van der Waals surface area (Å²) in [6.45, 7) is 2.10. The highest BCUT2D eigenvalue weighted by Crippen LogP contribution is 2.17. The third-order valence-electron chi connectivity index (χ3n) is 2.95. The van der Waals surface area contributed by atoms with Gasteiger partial charge >= 0.3 is 5.97 Å². The molecule has 0 aliphatic rings. The monoisotopic (exact) mass is 264 g/mol. The molecule has 4 N–H and O–H groups in total. The van der Waals surface area contributed by atoms with Crippen LogP contribution in [0.3, 0.4) is 0 Å². The van der Waals surface area contributed by atoms with E-state index in [1.165, 1.54) is 0 Å². The number of hydrogen-bond acceptors (Lipinski definition) is 3. The standard InChI is InChI=1S/C14H20N2O3/c1-14(15,11-7-3-2-4-8-11)13(19)16-10-6-5-9-12(17)18/h2-4,7-8H,5-6,9-10,15H2,1H3,(H,16,19)(H,17,18). The fourth-order valence-corrected chi connectivity index (χ4v) is 1.70. The number of amides is 1. The summed E-state index contributed by atoms with van der Waals surface area (Å²) in [5.74, 6) is -1.08. The molecule has 0 fully saturated rings. The molecule has 1 amide bonds. The number of nitrogens with one attached hydrogen (secondary N) is 1. The van der Waals surface area contributed by atoms with E-state index in [4.69, 9.17) is 10.8 Å². The molecule has 1 atom stereocenters. The zero-order valence-corrected chi connectivity index (χ0v) is 11.1. The average Bonchev–Trinajstić information content (AvgIpc) is 2.38. The van der Waals surface area contributed by atoms with E-state index in [-0.39, 0.29) is 12.3 Å². The maximum Gasteiger partial charge on any atom is 0.303 e. The molecule has 1 aromatic rings. The zero-order valence-electron chi connectivity index (χ0n) is 11.1. The van der Waals surface area contributed by atoms with Gasteiger partial charge in [-0.15, -0.1) is 0 Å². The number of carbonyl (C=O) groups excluding carboxylic acids is 1. The van der Waals surface area contributed by atoms with Crippen molar-refractivity contribution in [2.45, 2.75) is 31.7 Å². The SMILES string of the molecule is CC(N)(C(=O)NCCCCC(=O)O)c1ccccc1. The summed E-state index contributed by atoms with van der Waals surface area (Å²) in [5, 5.41) is 11.2. The maximum absolute atomic E-state index is 12.0. The van der Waals surface area contributed by atoms with E-state index < -0.39 is 11.5 Å². The summed E-state index contributed by atoms with van der Waals surface area (Å²) in [5.41, 5.74) is 5.71. The molecule has 0 spiro atoms. The first-order valence-corrected chi connectivity index (χ1v) is 6.29. The van der Waals surface area contributed by atoms with Gasteiger partial charge in [0.2, 0.25) is 5.91 Å². The van der Waals surface area contributed by atoms with Crippen molar-refractivity contribution < 1.29 is 14.7 Å². The molecule has 1 rings (SSSR count). The van der Waals surface area contributed by atoms with E-state index in [9.17, 15) is 9.59 Å². The van der Waals surface area contributed by atoms with Crippen LogP contribution in [0.5, 0.6) is 0 Å². The van der Waals surface area contributed by atoms with Gasteiger partial charge in [0, 0.05) is 13.0 Å². The molecule has 104 valence electrons. The number of unbranched alkanes of at least 4 members (excludes halogenated alkanes) is 1. The molecule has 0 bridgehead atoms. The van der Waals surface area contributed by atoms with Gasteiger partial charge in [-0.3, -0.25) is 9.59 Å². The summed E-state index contributed by atoms with van der Waals surface area (Å²) in [6.07, 6.45) is 1.29. The van der Waals surface area contributed by atoms with Crippen LogP contribution in [0.4, 0.5) is 0 Å². The van der Waals surface area contributed by atoms with E-state index in [1.54, 1.807) is 6.92 Å². The molecule has 1 unspecified atom stereocenters. The van der Waals surface area contributed by atoms with Gasteiger partial charge in [0.15, 0.2) is 0 Å². The zero-order chi connectivity index (χ0) is 14.3. The lowest BCUT2D eigenvalue weighted by atomic mass is 9.92. The summed E-state index contributed by atoms with van der Waals surface area (Å²) in [6, 6.07) is 9.15. The Labute approximate surface area is 112 Å². The Morgan fingerprint density at radius 2 is 1.89 bits per heavy atom. The molecule has 1 aromatic carbocycles. The topological polar surface area (TPSA) is 92.4 Å². The number of rotatable bonds is 7. The number of carboxylic acids is 1. The number of carbonyl (C=O) groups is 2. The summed E-state index contributed by atoms with van der Waals surface area (Å²) in [4.78, 5) is 22.3. The van der Waals surface area contributed by atoms with Gasteiger partial charge in [0.1, 0.15) is 5.54 Å². The molecule has 0 saturated heterocycles. The van der Waals surface area contributed by atoms with E-state index in [2.05, 4.69) is 5.32 Å².